The first kappa shape index (κ1) is 16.9. The highest BCUT2D eigenvalue weighted by Gasteiger charge is 2.30. The third-order valence-corrected chi connectivity index (χ3v) is 4.96. The third-order valence-electron chi connectivity index (χ3n) is 3.83. The number of rotatable bonds is 7. The molecule has 0 radical (unpaired) electrons. The summed E-state index contributed by atoms with van der Waals surface area (Å²) in [6.45, 7) is -1.08. The van der Waals surface area contributed by atoms with E-state index in [9.17, 15) is 13.6 Å². The van der Waals surface area contributed by atoms with E-state index < -0.39 is 6.61 Å². The highest BCUT2D eigenvalue weighted by Crippen LogP contribution is 2.40. The van der Waals surface area contributed by atoms with Crippen molar-refractivity contribution in [1.29, 1.82) is 0 Å². The van der Waals surface area contributed by atoms with Crippen LogP contribution in [0.15, 0.2) is 29.4 Å². The first-order chi connectivity index (χ1) is 11.5. The minimum Gasteiger partial charge on any atom is -0.435 e. The second-order valence-corrected chi connectivity index (χ2v) is 7.01. The average molecular weight is 353 g/mol. The number of alkyl halides is 2. The fourth-order valence-electron chi connectivity index (χ4n) is 2.37. The lowest BCUT2D eigenvalue weighted by molar-refractivity contribution is -0.0498. The molecule has 1 aromatic carbocycles. The second kappa shape index (κ2) is 6.88. The number of carbonyl (C=O) groups is 1. The molecule has 8 heteroatoms. The first-order valence-electron chi connectivity index (χ1n) is 7.60. The molecule has 0 N–H and O–H groups in total. The van der Waals surface area contributed by atoms with Crippen LogP contribution in [0, 0.1) is 0 Å². The van der Waals surface area contributed by atoms with Gasteiger partial charge < -0.3 is 9.30 Å². The molecule has 0 bridgehead atoms. The number of hydrogen-bond donors (Lipinski definition) is 0. The summed E-state index contributed by atoms with van der Waals surface area (Å²) in [7, 11) is 1.91. The first-order valence-corrected chi connectivity index (χ1v) is 8.48. The molecule has 1 aliphatic rings. The van der Waals surface area contributed by atoms with Crippen LogP contribution in [0.3, 0.4) is 0 Å². The van der Waals surface area contributed by atoms with E-state index in [0.29, 0.717) is 16.6 Å². The van der Waals surface area contributed by atoms with Crippen molar-refractivity contribution < 1.29 is 18.3 Å². The number of Topliss-reactive ketones (excluding diaryl/α,β-unsaturated/α-hetero) is 1. The van der Waals surface area contributed by atoms with E-state index in [4.69, 9.17) is 0 Å². The normalized spacial score (nSPS) is 15.5. The van der Waals surface area contributed by atoms with E-state index in [1.807, 2.05) is 11.6 Å². The van der Waals surface area contributed by atoms with E-state index in [1.54, 1.807) is 6.92 Å². The van der Waals surface area contributed by atoms with E-state index in [2.05, 4.69) is 14.9 Å². The van der Waals surface area contributed by atoms with Gasteiger partial charge in [0.05, 0.1) is 5.25 Å². The van der Waals surface area contributed by atoms with Gasteiger partial charge in [-0.3, -0.25) is 4.79 Å². The number of aromatic nitrogens is 3. The summed E-state index contributed by atoms with van der Waals surface area (Å²) < 4.78 is 30.5. The Labute approximate surface area is 142 Å². The molecule has 0 saturated heterocycles. The lowest BCUT2D eigenvalue weighted by Crippen LogP contribution is -2.14. The number of ether oxygens (including phenoxy) is 1. The minimum absolute atomic E-state index is 0.0317. The summed E-state index contributed by atoms with van der Waals surface area (Å²) in [6.07, 6.45) is 2.27. The van der Waals surface area contributed by atoms with Crippen molar-refractivity contribution in [1.82, 2.24) is 14.8 Å². The van der Waals surface area contributed by atoms with Crippen molar-refractivity contribution in [3.63, 3.8) is 0 Å². The highest BCUT2D eigenvalue weighted by atomic mass is 32.2. The van der Waals surface area contributed by atoms with Crippen LogP contribution >= 0.6 is 11.8 Å². The molecule has 1 fully saturated rings. The Morgan fingerprint density at radius 3 is 2.54 bits per heavy atom. The lowest BCUT2D eigenvalue weighted by Gasteiger charge is -2.11. The number of nitrogens with zero attached hydrogens (tertiary/aromatic N) is 3. The number of carbonyl (C=O) groups excluding carboxylic acids is 1. The summed E-state index contributed by atoms with van der Waals surface area (Å²) in [5.41, 5.74) is 0.446. The Hall–Kier alpha value is -1.96. The number of benzene rings is 1. The maximum atomic E-state index is 12.5. The summed E-state index contributed by atoms with van der Waals surface area (Å²) in [5, 5.41) is 8.70. The summed E-state index contributed by atoms with van der Waals surface area (Å²) in [4.78, 5) is 12.5. The lowest BCUT2D eigenvalue weighted by atomic mass is 10.1. The molecule has 1 aromatic heterocycles. The quantitative estimate of drug-likeness (QED) is 0.562. The molecule has 0 spiro atoms. The van der Waals surface area contributed by atoms with Gasteiger partial charge in [-0.05, 0) is 44.0 Å². The van der Waals surface area contributed by atoms with Gasteiger partial charge in [-0.25, -0.2) is 0 Å². The van der Waals surface area contributed by atoms with Crippen LogP contribution < -0.4 is 4.74 Å². The van der Waals surface area contributed by atoms with Crippen LogP contribution in [-0.4, -0.2) is 32.4 Å². The molecule has 24 heavy (non-hydrogen) atoms. The molecule has 3 rings (SSSR count). The number of hydrogen-bond acceptors (Lipinski definition) is 5. The SMILES string of the molecule is C[C@@H](Sc1nnc(C2CC2)n1C)C(=O)c1ccc(OC(F)F)cc1. The van der Waals surface area contributed by atoms with Gasteiger partial charge in [-0.15, -0.1) is 10.2 Å². The molecule has 2 aromatic rings. The van der Waals surface area contributed by atoms with Crippen molar-refractivity contribution in [2.75, 3.05) is 0 Å². The molecular weight excluding hydrogens is 336 g/mol. The Morgan fingerprint density at radius 2 is 1.96 bits per heavy atom. The van der Waals surface area contributed by atoms with Crippen molar-refractivity contribution >= 4 is 17.5 Å². The Morgan fingerprint density at radius 1 is 1.29 bits per heavy atom. The van der Waals surface area contributed by atoms with Gasteiger partial charge in [0.15, 0.2) is 10.9 Å². The van der Waals surface area contributed by atoms with E-state index in [1.165, 1.54) is 36.0 Å². The summed E-state index contributed by atoms with van der Waals surface area (Å²) >= 11 is 1.34. The highest BCUT2D eigenvalue weighted by molar-refractivity contribution is 8.00. The molecular formula is C16H17F2N3O2S. The maximum Gasteiger partial charge on any atom is 0.387 e. The van der Waals surface area contributed by atoms with Crippen molar-refractivity contribution in [2.45, 2.75) is 42.7 Å². The van der Waals surface area contributed by atoms with E-state index in [-0.39, 0.29) is 16.8 Å². The van der Waals surface area contributed by atoms with Gasteiger partial charge in [-0.2, -0.15) is 8.78 Å². The Kier molecular flexibility index (Phi) is 4.84. The van der Waals surface area contributed by atoms with E-state index >= 15 is 0 Å². The molecule has 1 aliphatic carbocycles. The Bertz CT molecular complexity index is 729. The van der Waals surface area contributed by atoms with Crippen molar-refractivity contribution in [3.05, 3.63) is 35.7 Å². The maximum absolute atomic E-state index is 12.5. The van der Waals surface area contributed by atoms with Gasteiger partial charge in [0.25, 0.3) is 0 Å². The molecule has 0 aliphatic heterocycles. The van der Waals surface area contributed by atoms with Crippen LogP contribution in [0.1, 0.15) is 41.9 Å². The van der Waals surface area contributed by atoms with Crippen LogP contribution in [0.4, 0.5) is 8.78 Å². The standard InChI is InChI=1S/C16H17F2N3O2S/c1-9(24-16-20-19-14(21(16)2)11-3-4-11)13(22)10-5-7-12(8-6-10)23-15(17)18/h5-9,11,15H,3-4H2,1-2H3/t9-/m1/s1. The number of ketones is 1. The van der Waals surface area contributed by atoms with Crippen molar-refractivity contribution in [2.24, 2.45) is 7.05 Å². The molecule has 5 nitrogen and oxygen atoms in total. The van der Waals surface area contributed by atoms with Gasteiger partial charge in [-0.1, -0.05) is 11.8 Å². The van der Waals surface area contributed by atoms with Gasteiger partial charge in [0.2, 0.25) is 0 Å². The zero-order valence-electron chi connectivity index (χ0n) is 13.3. The molecule has 1 atom stereocenters. The predicted molar refractivity (Wildman–Crippen MR) is 85.7 cm³/mol. The fourth-order valence-corrected chi connectivity index (χ4v) is 3.27. The van der Waals surface area contributed by atoms with Crippen LogP contribution in [-0.2, 0) is 7.05 Å². The average Bonchev–Trinajstić information content (AvgIpc) is 3.32. The van der Waals surface area contributed by atoms with Gasteiger partial charge >= 0.3 is 6.61 Å². The van der Waals surface area contributed by atoms with Crippen molar-refractivity contribution in [3.8, 4) is 5.75 Å². The largest absolute Gasteiger partial charge is 0.435 e. The molecule has 1 saturated carbocycles. The number of halogens is 2. The third kappa shape index (κ3) is 3.75. The fraction of sp³-hybridized carbons (Fsp3) is 0.438. The molecule has 0 unspecified atom stereocenters. The molecule has 0 amide bonds. The monoisotopic (exact) mass is 353 g/mol. The zero-order chi connectivity index (χ0) is 17.3. The predicted octanol–water partition coefficient (Wildman–Crippen LogP) is 3.66. The van der Waals surface area contributed by atoms with Crippen LogP contribution in [0.5, 0.6) is 5.75 Å². The zero-order valence-corrected chi connectivity index (χ0v) is 14.1. The van der Waals surface area contributed by atoms with E-state index in [0.717, 1.165) is 18.7 Å². The van der Waals surface area contributed by atoms with Gasteiger partial charge in [0, 0.05) is 18.5 Å². The number of thioether (sulfide) groups is 1. The topological polar surface area (TPSA) is 57.0 Å². The van der Waals surface area contributed by atoms with Crippen LogP contribution in [0.2, 0.25) is 0 Å². The van der Waals surface area contributed by atoms with Crippen LogP contribution in [0.25, 0.3) is 0 Å². The smallest absolute Gasteiger partial charge is 0.387 e. The second-order valence-electron chi connectivity index (χ2n) is 5.70. The molecule has 128 valence electrons. The minimum atomic E-state index is -2.88. The molecule has 1 heterocycles. The summed E-state index contributed by atoms with van der Waals surface area (Å²) in [5.74, 6) is 1.39. The van der Waals surface area contributed by atoms with Gasteiger partial charge in [0.1, 0.15) is 11.6 Å². The Balaban J connectivity index is 1.66. The summed E-state index contributed by atoms with van der Waals surface area (Å²) in [6, 6.07) is 5.71.